The average Bonchev–Trinajstić information content (AvgIpc) is 2.53. The SMILES string of the molecule is Cc1cc(C)c(N2[C]N(C34CC5CC(CC(C5)C3)C4)CCC2)c(C)c1. The molecule has 2 nitrogen and oxygen atoms in total. The molecule has 4 bridgehead atoms. The Labute approximate surface area is 153 Å². The second-order valence-corrected chi connectivity index (χ2v) is 9.65. The van der Waals surface area contributed by atoms with Crippen LogP contribution < -0.4 is 4.90 Å². The topological polar surface area (TPSA) is 6.48 Å². The van der Waals surface area contributed by atoms with Gasteiger partial charge in [0.25, 0.3) is 0 Å². The first-order chi connectivity index (χ1) is 12.0. The maximum Gasteiger partial charge on any atom is 0.177 e. The minimum Gasteiger partial charge on any atom is -0.346 e. The van der Waals surface area contributed by atoms with Gasteiger partial charge in [-0.2, -0.15) is 0 Å². The van der Waals surface area contributed by atoms with Crippen LogP contribution in [0.5, 0.6) is 0 Å². The fourth-order valence-corrected chi connectivity index (χ4v) is 7.13. The van der Waals surface area contributed by atoms with Crippen molar-refractivity contribution in [1.29, 1.82) is 0 Å². The predicted octanol–water partition coefficient (Wildman–Crippen LogP) is 5.09. The van der Waals surface area contributed by atoms with E-state index in [0.717, 1.165) is 24.3 Å². The van der Waals surface area contributed by atoms with E-state index in [1.807, 2.05) is 0 Å². The Balaban J connectivity index is 1.42. The van der Waals surface area contributed by atoms with E-state index in [1.54, 1.807) is 0 Å². The zero-order chi connectivity index (χ0) is 17.2. The third kappa shape index (κ3) is 2.63. The highest BCUT2D eigenvalue weighted by atomic mass is 15.4. The molecule has 1 saturated heterocycles. The van der Waals surface area contributed by atoms with Crippen molar-refractivity contribution in [3.05, 3.63) is 35.5 Å². The van der Waals surface area contributed by atoms with Gasteiger partial charge in [0, 0.05) is 24.3 Å². The Morgan fingerprint density at radius 1 is 0.880 bits per heavy atom. The van der Waals surface area contributed by atoms with Gasteiger partial charge in [-0.3, -0.25) is 4.90 Å². The molecule has 4 aliphatic carbocycles. The van der Waals surface area contributed by atoms with E-state index in [0.29, 0.717) is 5.54 Å². The van der Waals surface area contributed by atoms with Crippen LogP contribution in [0.3, 0.4) is 0 Å². The lowest BCUT2D eigenvalue weighted by molar-refractivity contribution is -0.0812. The molecule has 0 amide bonds. The number of hydrogen-bond acceptors (Lipinski definition) is 2. The van der Waals surface area contributed by atoms with Crippen LogP contribution in [0.4, 0.5) is 5.69 Å². The minimum absolute atomic E-state index is 0.444. The first-order valence-corrected chi connectivity index (χ1v) is 10.4. The van der Waals surface area contributed by atoms with E-state index in [2.05, 4.69) is 49.4 Å². The second kappa shape index (κ2) is 5.74. The summed E-state index contributed by atoms with van der Waals surface area (Å²) in [6.45, 7) is 13.0. The van der Waals surface area contributed by atoms with Crippen molar-refractivity contribution in [3.63, 3.8) is 0 Å². The number of hydrogen-bond donors (Lipinski definition) is 0. The summed E-state index contributed by atoms with van der Waals surface area (Å²) in [7, 11) is 0. The monoisotopic (exact) mass is 336 g/mol. The molecule has 4 saturated carbocycles. The van der Waals surface area contributed by atoms with Gasteiger partial charge in [-0.1, -0.05) is 17.7 Å². The number of aryl methyl sites for hydroxylation is 3. The highest BCUT2D eigenvalue weighted by molar-refractivity contribution is 5.61. The molecule has 0 unspecified atom stereocenters. The van der Waals surface area contributed by atoms with Gasteiger partial charge in [-0.25, -0.2) is 0 Å². The lowest BCUT2D eigenvalue weighted by atomic mass is 9.52. The maximum atomic E-state index is 3.89. The van der Waals surface area contributed by atoms with Crippen LogP contribution in [-0.2, 0) is 0 Å². The molecule has 25 heavy (non-hydrogen) atoms. The molecule has 1 aromatic rings. The third-order valence-corrected chi connectivity index (χ3v) is 7.49. The van der Waals surface area contributed by atoms with E-state index in [4.69, 9.17) is 0 Å². The summed E-state index contributed by atoms with van der Waals surface area (Å²) < 4.78 is 0. The predicted molar refractivity (Wildman–Crippen MR) is 103 cm³/mol. The van der Waals surface area contributed by atoms with E-state index in [1.165, 1.54) is 73.9 Å². The van der Waals surface area contributed by atoms with Gasteiger partial charge < -0.3 is 4.90 Å². The van der Waals surface area contributed by atoms with Crippen molar-refractivity contribution < 1.29 is 0 Å². The minimum atomic E-state index is 0.444. The molecule has 1 heterocycles. The summed E-state index contributed by atoms with van der Waals surface area (Å²) in [6, 6.07) is 4.65. The second-order valence-electron chi connectivity index (χ2n) is 9.65. The van der Waals surface area contributed by atoms with Crippen molar-refractivity contribution in [3.8, 4) is 0 Å². The molecule has 0 aromatic heterocycles. The molecule has 2 heteroatoms. The van der Waals surface area contributed by atoms with Crippen LogP contribution in [0.15, 0.2) is 12.1 Å². The quantitative estimate of drug-likeness (QED) is 0.742. The van der Waals surface area contributed by atoms with Crippen molar-refractivity contribution in [1.82, 2.24) is 4.90 Å². The molecule has 1 aliphatic heterocycles. The summed E-state index contributed by atoms with van der Waals surface area (Å²) >= 11 is 0. The standard InChI is InChI=1S/C23H32N2/c1-16-7-17(2)22(18(3)8-16)24-5-4-6-25(15-24)23-12-19-9-20(13-23)11-21(10-19)14-23/h7-8,19-21H,4-6,9-14H2,1-3H3. The van der Waals surface area contributed by atoms with Crippen LogP contribution in [0.2, 0.25) is 0 Å². The number of nitrogens with zero attached hydrogens (tertiary/aromatic N) is 2. The number of rotatable bonds is 2. The van der Waals surface area contributed by atoms with E-state index in [9.17, 15) is 0 Å². The Bertz CT molecular complexity index is 618. The first-order valence-electron chi connectivity index (χ1n) is 10.4. The fourth-order valence-electron chi connectivity index (χ4n) is 7.13. The van der Waals surface area contributed by atoms with Gasteiger partial charge in [0.1, 0.15) is 0 Å². The zero-order valence-electron chi connectivity index (χ0n) is 16.1. The highest BCUT2D eigenvalue weighted by Gasteiger charge is 2.54. The van der Waals surface area contributed by atoms with E-state index in [-0.39, 0.29) is 0 Å². The van der Waals surface area contributed by atoms with Gasteiger partial charge in [-0.15, -0.1) is 0 Å². The van der Waals surface area contributed by atoms with Crippen LogP contribution in [0.25, 0.3) is 0 Å². The molecular formula is C23H32N2. The fraction of sp³-hybridized carbons (Fsp3) is 0.696. The Hall–Kier alpha value is -1.02. The van der Waals surface area contributed by atoms with Gasteiger partial charge in [0.15, 0.2) is 6.67 Å². The first kappa shape index (κ1) is 16.2. The molecule has 6 rings (SSSR count). The molecule has 1 aromatic carbocycles. The third-order valence-electron chi connectivity index (χ3n) is 7.49. The smallest absolute Gasteiger partial charge is 0.177 e. The van der Waals surface area contributed by atoms with Gasteiger partial charge in [-0.05, 0) is 94.6 Å². The molecule has 0 N–H and O–H groups in total. The Morgan fingerprint density at radius 2 is 1.44 bits per heavy atom. The molecule has 2 radical (unpaired) electrons. The molecule has 134 valence electrons. The molecule has 0 spiro atoms. The molecule has 5 aliphatic rings. The number of anilines is 1. The van der Waals surface area contributed by atoms with E-state index < -0.39 is 0 Å². The van der Waals surface area contributed by atoms with Crippen LogP contribution >= 0.6 is 0 Å². The van der Waals surface area contributed by atoms with Gasteiger partial charge in [0.05, 0.1) is 0 Å². The largest absolute Gasteiger partial charge is 0.346 e. The van der Waals surface area contributed by atoms with Gasteiger partial charge >= 0.3 is 0 Å². The zero-order valence-corrected chi connectivity index (χ0v) is 16.1. The Kier molecular flexibility index (Phi) is 3.71. The average molecular weight is 337 g/mol. The van der Waals surface area contributed by atoms with Crippen LogP contribution in [-0.4, -0.2) is 23.5 Å². The summed E-state index contributed by atoms with van der Waals surface area (Å²) in [6.07, 6.45) is 10.1. The Morgan fingerprint density at radius 3 is 2.00 bits per heavy atom. The van der Waals surface area contributed by atoms with E-state index >= 15 is 0 Å². The highest BCUT2D eigenvalue weighted by Crippen LogP contribution is 2.58. The summed E-state index contributed by atoms with van der Waals surface area (Å²) in [4.78, 5) is 5.13. The van der Waals surface area contributed by atoms with Crippen molar-refractivity contribution in [2.24, 2.45) is 17.8 Å². The van der Waals surface area contributed by atoms with Crippen molar-refractivity contribution in [2.45, 2.75) is 71.3 Å². The maximum absolute atomic E-state index is 3.89. The van der Waals surface area contributed by atoms with Crippen molar-refractivity contribution >= 4 is 5.69 Å². The summed E-state index contributed by atoms with van der Waals surface area (Å²) in [5, 5.41) is 0. The molecule has 5 fully saturated rings. The molecular weight excluding hydrogens is 304 g/mol. The van der Waals surface area contributed by atoms with Gasteiger partial charge in [0.2, 0.25) is 0 Å². The normalized spacial score (nSPS) is 37.7. The van der Waals surface area contributed by atoms with Crippen molar-refractivity contribution in [2.75, 3.05) is 18.0 Å². The lowest BCUT2D eigenvalue weighted by Gasteiger charge is -2.61. The lowest BCUT2D eigenvalue weighted by Crippen LogP contribution is -2.62. The van der Waals surface area contributed by atoms with Crippen LogP contribution in [0, 0.1) is 45.2 Å². The molecule has 0 atom stereocenters. The summed E-state index contributed by atoms with van der Waals surface area (Å²) in [5.74, 6) is 3.02. The summed E-state index contributed by atoms with van der Waals surface area (Å²) in [5.41, 5.74) is 6.02. The number of benzene rings is 1. The van der Waals surface area contributed by atoms with Crippen LogP contribution in [0.1, 0.15) is 61.6 Å².